The van der Waals surface area contributed by atoms with Gasteiger partial charge in [-0.3, -0.25) is 0 Å². The van der Waals surface area contributed by atoms with Gasteiger partial charge in [0.1, 0.15) is 0 Å². The van der Waals surface area contributed by atoms with Crippen LogP contribution in [-0.2, 0) is 30.9 Å². The quantitative estimate of drug-likeness (QED) is 0.338. The Morgan fingerprint density at radius 2 is 1.64 bits per heavy atom. The summed E-state index contributed by atoms with van der Waals surface area (Å²) in [6.45, 7) is 14.8. The molecule has 3 aromatic rings. The SMILES string of the molecule is CC(C)(C)c1ccc2c(c1)C(C)(C)c1c(-c3ccccn3)[c-]ccc1-2.CC(O)CC(C)O.[Ir]. The summed E-state index contributed by atoms with van der Waals surface area (Å²) in [5, 5.41) is 17.1. The topological polar surface area (TPSA) is 53.4 Å². The third-order valence-corrected chi connectivity index (χ3v) is 6.07. The minimum Gasteiger partial charge on any atom is -0.393 e. The second-order valence-electron chi connectivity index (χ2n) is 10.4. The second-order valence-corrected chi connectivity index (χ2v) is 10.4. The van der Waals surface area contributed by atoms with E-state index in [2.05, 4.69) is 76.0 Å². The number of hydrogen-bond donors (Lipinski definition) is 2. The number of pyridine rings is 1. The van der Waals surface area contributed by atoms with Crippen molar-refractivity contribution in [1.29, 1.82) is 0 Å². The van der Waals surface area contributed by atoms with Crippen LogP contribution < -0.4 is 0 Å². The predicted molar refractivity (Wildman–Crippen MR) is 133 cm³/mol. The van der Waals surface area contributed by atoms with E-state index in [0.717, 1.165) is 11.3 Å². The van der Waals surface area contributed by atoms with Gasteiger partial charge in [0.2, 0.25) is 0 Å². The fourth-order valence-electron chi connectivity index (χ4n) is 4.48. The zero-order valence-electron chi connectivity index (χ0n) is 20.7. The monoisotopic (exact) mass is 623 g/mol. The van der Waals surface area contributed by atoms with E-state index >= 15 is 0 Å². The van der Waals surface area contributed by atoms with Crippen LogP contribution in [0.1, 0.15) is 71.6 Å². The number of aliphatic hydroxyl groups excluding tert-OH is 2. The summed E-state index contributed by atoms with van der Waals surface area (Å²) in [5.74, 6) is 0. The fraction of sp³-hybridized carbons (Fsp3) is 0.414. The van der Waals surface area contributed by atoms with Crippen LogP contribution >= 0.6 is 0 Å². The third-order valence-electron chi connectivity index (χ3n) is 6.07. The normalized spacial score (nSPS) is 15.3. The molecule has 2 unspecified atom stereocenters. The molecule has 33 heavy (non-hydrogen) atoms. The van der Waals surface area contributed by atoms with E-state index in [9.17, 15) is 0 Å². The van der Waals surface area contributed by atoms with Crippen molar-refractivity contribution in [3.63, 3.8) is 0 Å². The van der Waals surface area contributed by atoms with Crippen molar-refractivity contribution in [2.24, 2.45) is 0 Å². The van der Waals surface area contributed by atoms with Crippen LogP contribution in [0.25, 0.3) is 22.4 Å². The van der Waals surface area contributed by atoms with Crippen molar-refractivity contribution >= 4 is 0 Å². The Bertz CT molecular complexity index is 1060. The summed E-state index contributed by atoms with van der Waals surface area (Å²) in [4.78, 5) is 4.58. The molecule has 1 aliphatic rings. The molecule has 1 aromatic heterocycles. The number of fused-ring (bicyclic) bond motifs is 3. The van der Waals surface area contributed by atoms with E-state index in [4.69, 9.17) is 10.2 Å². The van der Waals surface area contributed by atoms with Gasteiger partial charge in [0.05, 0.1) is 12.2 Å². The van der Waals surface area contributed by atoms with Crippen LogP contribution in [0.4, 0.5) is 0 Å². The van der Waals surface area contributed by atoms with Crippen molar-refractivity contribution in [1.82, 2.24) is 4.98 Å². The molecule has 0 saturated carbocycles. The number of aliphatic hydroxyl groups is 2. The molecule has 1 aliphatic carbocycles. The standard InChI is InChI=1S/C24H24N.C5H12O2.Ir/c1-23(2,3)16-12-13-17-18-9-8-10-19(21-11-6-7-14-25-21)22(18)24(4,5)20(17)15-16;1-4(6)3-5(2)7;/h6-9,11-15H,1-5H3;4-7H,3H2,1-2H3;/q-1;;. The summed E-state index contributed by atoms with van der Waals surface area (Å²) < 4.78 is 0. The molecule has 3 nitrogen and oxygen atoms in total. The van der Waals surface area contributed by atoms with Gasteiger partial charge in [0.25, 0.3) is 0 Å². The predicted octanol–water partition coefficient (Wildman–Crippen LogP) is 6.29. The summed E-state index contributed by atoms with van der Waals surface area (Å²) in [6.07, 6.45) is 1.58. The number of hydrogen-bond acceptors (Lipinski definition) is 3. The summed E-state index contributed by atoms with van der Waals surface area (Å²) >= 11 is 0. The molecule has 0 bridgehead atoms. The van der Waals surface area contributed by atoms with Crippen LogP contribution in [0.5, 0.6) is 0 Å². The summed E-state index contributed by atoms with van der Waals surface area (Å²) in [6, 6.07) is 20.7. The minimum absolute atomic E-state index is 0. The van der Waals surface area contributed by atoms with E-state index in [-0.39, 0.29) is 43.1 Å². The number of nitrogens with zero attached hydrogens (tertiary/aromatic N) is 1. The van der Waals surface area contributed by atoms with Gasteiger partial charge in [-0.05, 0) is 59.5 Å². The van der Waals surface area contributed by atoms with Gasteiger partial charge in [-0.25, -0.2) is 0 Å². The summed E-state index contributed by atoms with van der Waals surface area (Å²) in [5.41, 5.74) is 9.01. The van der Waals surface area contributed by atoms with Crippen molar-refractivity contribution in [3.05, 3.63) is 77.5 Å². The zero-order valence-corrected chi connectivity index (χ0v) is 23.1. The number of benzene rings is 2. The van der Waals surface area contributed by atoms with Crippen molar-refractivity contribution < 1.29 is 30.3 Å². The molecule has 0 aliphatic heterocycles. The minimum atomic E-state index is -0.375. The molecule has 0 amide bonds. The maximum Gasteiger partial charge on any atom is 0.0536 e. The Morgan fingerprint density at radius 1 is 0.970 bits per heavy atom. The first-order chi connectivity index (χ1) is 14.9. The smallest absolute Gasteiger partial charge is 0.0536 e. The second kappa shape index (κ2) is 10.6. The van der Waals surface area contributed by atoms with E-state index in [0.29, 0.717) is 6.42 Å². The molecular formula is C29H36IrNO2-. The van der Waals surface area contributed by atoms with Crippen molar-refractivity contribution in [2.45, 2.75) is 77.9 Å². The molecular weight excluding hydrogens is 587 g/mol. The van der Waals surface area contributed by atoms with Crippen LogP contribution in [0.3, 0.4) is 0 Å². The first kappa shape index (κ1) is 27.4. The number of rotatable bonds is 3. The molecule has 2 atom stereocenters. The molecule has 4 heteroatoms. The first-order valence-corrected chi connectivity index (χ1v) is 11.4. The Morgan fingerprint density at radius 3 is 2.15 bits per heavy atom. The van der Waals surface area contributed by atoms with Gasteiger partial charge in [-0.2, -0.15) is 0 Å². The van der Waals surface area contributed by atoms with Gasteiger partial charge in [0, 0.05) is 26.3 Å². The van der Waals surface area contributed by atoms with Gasteiger partial charge in [-0.1, -0.05) is 70.5 Å². The van der Waals surface area contributed by atoms with Crippen LogP contribution in [0, 0.1) is 6.07 Å². The number of aromatic nitrogens is 1. The van der Waals surface area contributed by atoms with E-state index < -0.39 is 0 Å². The molecule has 179 valence electrons. The fourth-order valence-corrected chi connectivity index (χ4v) is 4.48. The van der Waals surface area contributed by atoms with E-state index in [1.54, 1.807) is 13.8 Å². The molecule has 1 radical (unpaired) electrons. The first-order valence-electron chi connectivity index (χ1n) is 11.4. The molecule has 0 saturated heterocycles. The Labute approximate surface area is 212 Å². The Kier molecular flexibility index (Phi) is 8.81. The largest absolute Gasteiger partial charge is 0.393 e. The molecule has 1 heterocycles. The molecule has 4 rings (SSSR count). The third kappa shape index (κ3) is 6.00. The van der Waals surface area contributed by atoms with Gasteiger partial charge in [-0.15, -0.1) is 29.3 Å². The molecule has 2 aromatic carbocycles. The van der Waals surface area contributed by atoms with E-state index in [1.165, 1.54) is 27.8 Å². The summed E-state index contributed by atoms with van der Waals surface area (Å²) in [7, 11) is 0. The van der Waals surface area contributed by atoms with Crippen LogP contribution in [0.15, 0.2) is 54.7 Å². The van der Waals surface area contributed by atoms with E-state index in [1.807, 2.05) is 24.4 Å². The van der Waals surface area contributed by atoms with Crippen LogP contribution in [0.2, 0.25) is 0 Å². The van der Waals surface area contributed by atoms with Crippen LogP contribution in [-0.4, -0.2) is 27.4 Å². The van der Waals surface area contributed by atoms with Crippen molar-refractivity contribution in [3.8, 4) is 22.4 Å². The maximum absolute atomic E-state index is 8.56. The van der Waals surface area contributed by atoms with Gasteiger partial charge in [0.15, 0.2) is 0 Å². The molecule has 0 fully saturated rings. The Hall–Kier alpha value is -1.84. The zero-order chi connectivity index (χ0) is 23.7. The van der Waals surface area contributed by atoms with Gasteiger partial charge >= 0.3 is 0 Å². The van der Waals surface area contributed by atoms with Crippen molar-refractivity contribution in [2.75, 3.05) is 0 Å². The Balaban J connectivity index is 0.000000423. The maximum atomic E-state index is 8.56. The average Bonchev–Trinajstić information content (AvgIpc) is 2.95. The average molecular weight is 623 g/mol. The van der Waals surface area contributed by atoms with Gasteiger partial charge < -0.3 is 15.2 Å². The molecule has 0 spiro atoms. The molecule has 2 N–H and O–H groups in total.